The van der Waals surface area contributed by atoms with Gasteiger partial charge in [0.2, 0.25) is 0 Å². The van der Waals surface area contributed by atoms with E-state index in [2.05, 4.69) is 26.3 Å². The summed E-state index contributed by atoms with van der Waals surface area (Å²) >= 11 is 1.64. The van der Waals surface area contributed by atoms with Crippen molar-refractivity contribution in [1.82, 2.24) is 15.2 Å². The van der Waals surface area contributed by atoms with E-state index >= 15 is 0 Å². The van der Waals surface area contributed by atoms with Gasteiger partial charge in [-0.25, -0.2) is 9.38 Å². The first-order chi connectivity index (χ1) is 10.8. The van der Waals surface area contributed by atoms with Gasteiger partial charge in [0.25, 0.3) is 0 Å². The van der Waals surface area contributed by atoms with E-state index in [-0.39, 0.29) is 5.82 Å². The summed E-state index contributed by atoms with van der Waals surface area (Å²) in [5.41, 5.74) is 2.27. The molecule has 1 aliphatic rings. The van der Waals surface area contributed by atoms with Gasteiger partial charge in [0.15, 0.2) is 5.17 Å². The molecular weight excluding hydrogens is 299 g/mol. The highest BCUT2D eigenvalue weighted by atomic mass is 32.2. The van der Waals surface area contributed by atoms with Crippen LogP contribution in [0.4, 0.5) is 4.39 Å². The normalized spacial score (nSPS) is 15.2. The van der Waals surface area contributed by atoms with E-state index in [1.54, 1.807) is 30.1 Å². The number of nitrogens with one attached hydrogen (secondary N) is 1. The van der Waals surface area contributed by atoms with Gasteiger partial charge in [-0.15, -0.1) is 0 Å². The molecule has 2 heterocycles. The van der Waals surface area contributed by atoms with Crippen molar-refractivity contribution in [2.24, 2.45) is 4.99 Å². The van der Waals surface area contributed by atoms with Crippen LogP contribution < -0.4 is 5.32 Å². The smallest absolute Gasteiger partial charge is 0.159 e. The van der Waals surface area contributed by atoms with E-state index in [0.29, 0.717) is 6.67 Å². The predicted molar refractivity (Wildman–Crippen MR) is 87.8 cm³/mol. The number of aromatic nitrogens is 1. The molecule has 1 aromatic carbocycles. The van der Waals surface area contributed by atoms with Gasteiger partial charge in [0.05, 0.1) is 13.3 Å². The van der Waals surface area contributed by atoms with Crippen LogP contribution in [-0.4, -0.2) is 28.4 Å². The van der Waals surface area contributed by atoms with E-state index in [9.17, 15) is 4.39 Å². The zero-order chi connectivity index (χ0) is 15.2. The highest BCUT2D eigenvalue weighted by Gasteiger charge is 2.12. The Hall–Kier alpha value is -1.92. The van der Waals surface area contributed by atoms with E-state index < -0.39 is 0 Å². The number of rotatable bonds is 4. The molecule has 6 heteroatoms. The molecule has 0 aliphatic carbocycles. The molecule has 0 fully saturated rings. The number of amidine groups is 1. The molecule has 0 saturated heterocycles. The highest BCUT2D eigenvalue weighted by Crippen LogP contribution is 2.15. The molecule has 22 heavy (non-hydrogen) atoms. The van der Waals surface area contributed by atoms with Crippen molar-refractivity contribution in [2.45, 2.75) is 12.3 Å². The SMILES string of the molecule is Fc1ccc(CSC2=NCN(Cc3cccnc3)CN2)cc1. The maximum absolute atomic E-state index is 12.9. The Morgan fingerprint density at radius 3 is 2.73 bits per heavy atom. The molecule has 2 aromatic rings. The second-order valence-electron chi connectivity index (χ2n) is 5.04. The van der Waals surface area contributed by atoms with Gasteiger partial charge >= 0.3 is 0 Å². The zero-order valence-electron chi connectivity index (χ0n) is 12.1. The van der Waals surface area contributed by atoms with Crippen LogP contribution in [0.25, 0.3) is 0 Å². The van der Waals surface area contributed by atoms with Crippen molar-refractivity contribution in [2.75, 3.05) is 13.3 Å². The highest BCUT2D eigenvalue weighted by molar-refractivity contribution is 8.13. The van der Waals surface area contributed by atoms with E-state index in [4.69, 9.17) is 0 Å². The third-order valence-corrected chi connectivity index (χ3v) is 4.31. The number of benzene rings is 1. The molecule has 3 rings (SSSR count). The fourth-order valence-corrected chi connectivity index (χ4v) is 2.95. The van der Waals surface area contributed by atoms with Crippen LogP contribution in [0.15, 0.2) is 53.8 Å². The third kappa shape index (κ3) is 4.29. The molecule has 0 bridgehead atoms. The average Bonchev–Trinajstić information content (AvgIpc) is 2.57. The maximum atomic E-state index is 12.9. The van der Waals surface area contributed by atoms with E-state index in [1.807, 2.05) is 12.3 Å². The van der Waals surface area contributed by atoms with Crippen molar-refractivity contribution in [3.63, 3.8) is 0 Å². The van der Waals surface area contributed by atoms with E-state index in [1.165, 1.54) is 17.7 Å². The van der Waals surface area contributed by atoms with Crippen LogP contribution in [0.2, 0.25) is 0 Å². The van der Waals surface area contributed by atoms with Crippen LogP contribution in [0.3, 0.4) is 0 Å². The summed E-state index contributed by atoms with van der Waals surface area (Å²) in [5, 5.41) is 4.25. The maximum Gasteiger partial charge on any atom is 0.159 e. The van der Waals surface area contributed by atoms with Gasteiger partial charge in [-0.2, -0.15) is 0 Å². The van der Waals surface area contributed by atoms with Gasteiger partial charge in [0, 0.05) is 24.7 Å². The Morgan fingerprint density at radius 2 is 2.05 bits per heavy atom. The molecule has 0 amide bonds. The van der Waals surface area contributed by atoms with Crippen molar-refractivity contribution in [3.05, 3.63) is 65.7 Å². The molecule has 0 radical (unpaired) electrons. The fourth-order valence-electron chi connectivity index (χ4n) is 2.13. The molecule has 1 aliphatic heterocycles. The quantitative estimate of drug-likeness (QED) is 0.942. The number of aliphatic imine (C=N–C) groups is 1. The minimum atomic E-state index is -0.201. The first kappa shape index (κ1) is 15.0. The molecular formula is C16H17FN4S. The van der Waals surface area contributed by atoms with Gasteiger partial charge in [-0.1, -0.05) is 30.0 Å². The fraction of sp³-hybridized carbons (Fsp3) is 0.250. The molecule has 0 saturated carbocycles. The van der Waals surface area contributed by atoms with Crippen molar-refractivity contribution >= 4 is 16.9 Å². The van der Waals surface area contributed by atoms with Crippen molar-refractivity contribution in [3.8, 4) is 0 Å². The molecule has 0 unspecified atom stereocenters. The van der Waals surface area contributed by atoms with Crippen LogP contribution in [0.5, 0.6) is 0 Å². The second-order valence-corrected chi connectivity index (χ2v) is 6.01. The Kier molecular flexibility index (Phi) is 5.03. The molecule has 0 spiro atoms. The van der Waals surface area contributed by atoms with Gasteiger partial charge < -0.3 is 5.32 Å². The topological polar surface area (TPSA) is 40.5 Å². The van der Waals surface area contributed by atoms with Gasteiger partial charge in [-0.3, -0.25) is 9.88 Å². The number of hydrogen-bond acceptors (Lipinski definition) is 5. The molecule has 1 N–H and O–H groups in total. The summed E-state index contributed by atoms with van der Waals surface area (Å²) in [6.07, 6.45) is 3.66. The molecule has 4 nitrogen and oxygen atoms in total. The number of pyridine rings is 1. The first-order valence-corrected chi connectivity index (χ1v) is 8.05. The zero-order valence-corrected chi connectivity index (χ0v) is 12.9. The number of thioether (sulfide) groups is 1. The molecule has 114 valence electrons. The number of nitrogens with zero attached hydrogens (tertiary/aromatic N) is 3. The largest absolute Gasteiger partial charge is 0.352 e. The molecule has 0 atom stereocenters. The Labute approximate surface area is 133 Å². The Morgan fingerprint density at radius 1 is 1.18 bits per heavy atom. The Balaban J connectivity index is 1.48. The van der Waals surface area contributed by atoms with Crippen LogP contribution in [0, 0.1) is 5.82 Å². The van der Waals surface area contributed by atoms with E-state index in [0.717, 1.165) is 29.7 Å². The van der Waals surface area contributed by atoms with Crippen molar-refractivity contribution in [1.29, 1.82) is 0 Å². The Bertz CT molecular complexity index is 630. The van der Waals surface area contributed by atoms with Crippen LogP contribution in [0.1, 0.15) is 11.1 Å². The third-order valence-electron chi connectivity index (χ3n) is 3.29. The first-order valence-electron chi connectivity index (χ1n) is 7.06. The summed E-state index contributed by atoms with van der Waals surface area (Å²) in [4.78, 5) is 10.9. The summed E-state index contributed by atoms with van der Waals surface area (Å²) in [6.45, 7) is 2.28. The molecule has 1 aromatic heterocycles. The average molecular weight is 316 g/mol. The monoisotopic (exact) mass is 316 g/mol. The minimum absolute atomic E-state index is 0.201. The van der Waals surface area contributed by atoms with Gasteiger partial charge in [-0.05, 0) is 29.3 Å². The second kappa shape index (κ2) is 7.38. The lowest BCUT2D eigenvalue weighted by Gasteiger charge is -2.26. The van der Waals surface area contributed by atoms with Crippen LogP contribution in [-0.2, 0) is 12.3 Å². The lowest BCUT2D eigenvalue weighted by Crippen LogP contribution is -2.41. The van der Waals surface area contributed by atoms with Crippen molar-refractivity contribution < 1.29 is 4.39 Å². The predicted octanol–water partition coefficient (Wildman–Crippen LogP) is 2.83. The standard InChI is InChI=1S/C16H17FN4S/c17-15-5-3-13(4-6-15)10-22-16-19-11-21(12-20-16)9-14-2-1-7-18-8-14/h1-8H,9-12H2,(H,19,20). The minimum Gasteiger partial charge on any atom is -0.352 e. The summed E-state index contributed by atoms with van der Waals surface area (Å²) in [6, 6.07) is 10.6. The summed E-state index contributed by atoms with van der Waals surface area (Å²) in [5.74, 6) is 0.585. The number of halogens is 1. The lowest BCUT2D eigenvalue weighted by molar-refractivity contribution is 0.258. The number of hydrogen-bond donors (Lipinski definition) is 1. The summed E-state index contributed by atoms with van der Waals surface area (Å²) < 4.78 is 12.9. The van der Waals surface area contributed by atoms with Gasteiger partial charge in [0.1, 0.15) is 5.82 Å². The van der Waals surface area contributed by atoms with Crippen LogP contribution >= 0.6 is 11.8 Å². The summed E-state index contributed by atoms with van der Waals surface area (Å²) in [7, 11) is 0. The lowest BCUT2D eigenvalue weighted by atomic mass is 10.2.